The lowest BCUT2D eigenvalue weighted by molar-refractivity contribution is -0.137. The summed E-state index contributed by atoms with van der Waals surface area (Å²) in [6.45, 7) is 3.63. The highest BCUT2D eigenvalue weighted by Crippen LogP contribution is 2.29. The van der Waals surface area contributed by atoms with Crippen LogP contribution in [0.15, 0.2) is 24.3 Å². The smallest absolute Gasteiger partial charge is 0.416 e. The largest absolute Gasteiger partial charge is 0.445 e. The molecule has 1 aliphatic heterocycles. The third kappa shape index (κ3) is 8.75. The lowest BCUT2D eigenvalue weighted by Gasteiger charge is -2.26. The van der Waals surface area contributed by atoms with Crippen LogP contribution in [0.3, 0.4) is 0 Å². The van der Waals surface area contributed by atoms with Gasteiger partial charge in [0.2, 0.25) is 11.8 Å². The number of benzene rings is 1. The topological polar surface area (TPSA) is 141 Å². The highest BCUT2D eigenvalue weighted by atomic mass is 19.4. The quantitative estimate of drug-likeness (QED) is 0.365. The summed E-state index contributed by atoms with van der Waals surface area (Å²) in [6, 6.07) is 3.83. The van der Waals surface area contributed by atoms with E-state index in [1.165, 1.54) is 12.1 Å². The predicted octanol–water partition coefficient (Wildman–Crippen LogP) is 2.24. The number of carbonyl (C=O) groups is 3. The number of alkyl carbamates (subject to hydrolysis) is 1. The third-order valence-electron chi connectivity index (χ3n) is 5.48. The fourth-order valence-corrected chi connectivity index (χ4v) is 3.69. The Morgan fingerprint density at radius 3 is 2.60 bits per heavy atom. The second-order valence-corrected chi connectivity index (χ2v) is 8.80. The van der Waals surface area contributed by atoms with Crippen molar-refractivity contribution in [3.8, 4) is 6.07 Å². The first-order chi connectivity index (χ1) is 16.4. The fourth-order valence-electron chi connectivity index (χ4n) is 3.69. The number of nitrogens with one attached hydrogen (secondary N) is 3. The molecular weight excluding hydrogens is 469 g/mol. The number of alkyl halides is 3. The highest BCUT2D eigenvalue weighted by molar-refractivity contribution is 5.86. The van der Waals surface area contributed by atoms with Crippen LogP contribution in [0, 0.1) is 23.2 Å². The minimum atomic E-state index is -4.54. The van der Waals surface area contributed by atoms with E-state index < -0.39 is 54.5 Å². The molecule has 4 atom stereocenters. The first kappa shape index (κ1) is 27.9. The number of rotatable bonds is 10. The molecule has 4 unspecified atom stereocenters. The van der Waals surface area contributed by atoms with Crippen molar-refractivity contribution in [3.63, 3.8) is 0 Å². The SMILES string of the molecule is CC(C)CC(NC(=O)OCc1cccc(C(F)(F)F)c1)C(=O)NC(CC1CCNC1=O)C(O)C#N. The number of hydrogen-bond acceptors (Lipinski definition) is 6. The Labute approximate surface area is 201 Å². The molecule has 3 amide bonds. The van der Waals surface area contributed by atoms with Gasteiger partial charge in [0.25, 0.3) is 0 Å². The van der Waals surface area contributed by atoms with Gasteiger partial charge in [-0.25, -0.2) is 4.79 Å². The summed E-state index contributed by atoms with van der Waals surface area (Å²) in [5, 5.41) is 26.7. The van der Waals surface area contributed by atoms with E-state index in [2.05, 4.69) is 16.0 Å². The van der Waals surface area contributed by atoms with Gasteiger partial charge in [0, 0.05) is 12.5 Å². The molecule has 1 saturated heterocycles. The van der Waals surface area contributed by atoms with Gasteiger partial charge >= 0.3 is 12.3 Å². The van der Waals surface area contributed by atoms with E-state index in [9.17, 15) is 32.7 Å². The minimum absolute atomic E-state index is 0.0424. The molecule has 4 N–H and O–H groups in total. The number of carbonyl (C=O) groups excluding carboxylic acids is 3. The van der Waals surface area contributed by atoms with Crippen LogP contribution >= 0.6 is 0 Å². The van der Waals surface area contributed by atoms with Crippen LogP contribution in [-0.4, -0.2) is 47.7 Å². The summed E-state index contributed by atoms with van der Waals surface area (Å²) in [4.78, 5) is 37.1. The molecule has 0 saturated carbocycles. The van der Waals surface area contributed by atoms with E-state index >= 15 is 0 Å². The third-order valence-corrected chi connectivity index (χ3v) is 5.48. The molecule has 9 nitrogen and oxygen atoms in total. The summed E-state index contributed by atoms with van der Waals surface area (Å²) in [6.07, 6.45) is -6.40. The zero-order chi connectivity index (χ0) is 26.2. The number of aliphatic hydroxyl groups excluding tert-OH is 1. The van der Waals surface area contributed by atoms with E-state index in [4.69, 9.17) is 10.00 Å². The van der Waals surface area contributed by atoms with E-state index in [-0.39, 0.29) is 30.2 Å². The molecule has 0 radical (unpaired) electrons. The Bertz CT molecular complexity index is 948. The van der Waals surface area contributed by atoms with Crippen molar-refractivity contribution in [3.05, 3.63) is 35.4 Å². The summed E-state index contributed by atoms with van der Waals surface area (Å²) in [5.41, 5.74) is -0.763. The molecule has 1 aromatic rings. The molecule has 1 fully saturated rings. The van der Waals surface area contributed by atoms with Crippen LogP contribution in [0.25, 0.3) is 0 Å². The molecule has 0 aliphatic carbocycles. The number of amides is 3. The van der Waals surface area contributed by atoms with Crippen LogP contribution in [0.2, 0.25) is 0 Å². The summed E-state index contributed by atoms with van der Waals surface area (Å²) in [7, 11) is 0. The van der Waals surface area contributed by atoms with Gasteiger partial charge in [0.05, 0.1) is 17.7 Å². The summed E-state index contributed by atoms with van der Waals surface area (Å²) in [5.74, 6) is -1.44. The van der Waals surface area contributed by atoms with Crippen molar-refractivity contribution in [1.29, 1.82) is 5.26 Å². The summed E-state index contributed by atoms with van der Waals surface area (Å²) >= 11 is 0. The van der Waals surface area contributed by atoms with E-state index in [1.807, 2.05) is 0 Å². The summed E-state index contributed by atoms with van der Waals surface area (Å²) < 4.78 is 43.6. The lowest BCUT2D eigenvalue weighted by atomic mass is 9.94. The molecule has 1 aliphatic rings. The van der Waals surface area contributed by atoms with Crippen molar-refractivity contribution in [2.24, 2.45) is 11.8 Å². The molecule has 35 heavy (non-hydrogen) atoms. The zero-order valence-corrected chi connectivity index (χ0v) is 19.4. The first-order valence-electron chi connectivity index (χ1n) is 11.2. The lowest BCUT2D eigenvalue weighted by Crippen LogP contribution is -2.53. The average molecular weight is 499 g/mol. The second-order valence-electron chi connectivity index (χ2n) is 8.80. The van der Waals surface area contributed by atoms with Gasteiger partial charge in [-0.15, -0.1) is 0 Å². The maximum Gasteiger partial charge on any atom is 0.416 e. The normalized spacial score (nSPS) is 18.2. The molecule has 1 aromatic carbocycles. The van der Waals surface area contributed by atoms with Gasteiger partial charge < -0.3 is 25.8 Å². The van der Waals surface area contributed by atoms with Crippen molar-refractivity contribution >= 4 is 17.9 Å². The van der Waals surface area contributed by atoms with Crippen LogP contribution in [0.5, 0.6) is 0 Å². The van der Waals surface area contributed by atoms with Gasteiger partial charge in [-0.1, -0.05) is 26.0 Å². The van der Waals surface area contributed by atoms with E-state index in [0.29, 0.717) is 13.0 Å². The minimum Gasteiger partial charge on any atom is -0.445 e. The number of halogens is 3. The van der Waals surface area contributed by atoms with Crippen molar-refractivity contribution in [1.82, 2.24) is 16.0 Å². The number of aliphatic hydroxyl groups is 1. The van der Waals surface area contributed by atoms with Gasteiger partial charge in [-0.05, 0) is 42.9 Å². The molecule has 0 bridgehead atoms. The number of nitrogens with zero attached hydrogens (tertiary/aromatic N) is 1. The van der Waals surface area contributed by atoms with Gasteiger partial charge in [-0.3, -0.25) is 9.59 Å². The van der Waals surface area contributed by atoms with Crippen LogP contribution < -0.4 is 16.0 Å². The Kier molecular flexibility index (Phi) is 9.89. The van der Waals surface area contributed by atoms with Crippen LogP contribution in [0.1, 0.15) is 44.2 Å². The standard InChI is InChI=1S/C23H29F3N4O5/c1-13(2)8-18(21(33)29-17(19(31)11-27)10-15-6-7-28-20(15)32)30-22(34)35-12-14-4-3-5-16(9-14)23(24,25)26/h3-5,9,13,15,17-19,31H,6-8,10,12H2,1-2H3,(H,28,32)(H,29,33)(H,30,34). The van der Waals surface area contributed by atoms with Crippen molar-refractivity contribution < 1.29 is 37.4 Å². The second kappa shape index (κ2) is 12.4. The number of ether oxygens (including phenoxy) is 1. The Hall–Kier alpha value is -3.33. The number of hydrogen-bond donors (Lipinski definition) is 4. The van der Waals surface area contributed by atoms with Gasteiger partial charge in [0.1, 0.15) is 12.6 Å². The maximum atomic E-state index is 12.9. The van der Waals surface area contributed by atoms with Crippen LogP contribution in [0.4, 0.5) is 18.0 Å². The van der Waals surface area contributed by atoms with Crippen molar-refractivity contribution in [2.45, 2.75) is 64.1 Å². The maximum absolute atomic E-state index is 12.9. The van der Waals surface area contributed by atoms with Gasteiger partial charge in [0.15, 0.2) is 6.10 Å². The molecule has 12 heteroatoms. The first-order valence-corrected chi connectivity index (χ1v) is 11.2. The number of nitriles is 1. The van der Waals surface area contributed by atoms with E-state index in [0.717, 1.165) is 12.1 Å². The molecular formula is C23H29F3N4O5. The zero-order valence-electron chi connectivity index (χ0n) is 19.4. The Balaban J connectivity index is 2.02. The van der Waals surface area contributed by atoms with E-state index in [1.54, 1.807) is 19.9 Å². The van der Waals surface area contributed by atoms with Gasteiger partial charge in [-0.2, -0.15) is 18.4 Å². The van der Waals surface area contributed by atoms with Crippen LogP contribution in [-0.2, 0) is 27.1 Å². The predicted molar refractivity (Wildman–Crippen MR) is 117 cm³/mol. The molecule has 0 spiro atoms. The molecule has 0 aromatic heterocycles. The molecule has 192 valence electrons. The highest BCUT2D eigenvalue weighted by Gasteiger charge is 2.33. The molecule has 1 heterocycles. The molecule has 2 rings (SSSR count). The Morgan fingerprint density at radius 2 is 2.03 bits per heavy atom. The fraction of sp³-hybridized carbons (Fsp3) is 0.565. The average Bonchev–Trinajstić information content (AvgIpc) is 3.19. The Morgan fingerprint density at radius 1 is 1.31 bits per heavy atom. The monoisotopic (exact) mass is 498 g/mol. The van der Waals surface area contributed by atoms with Crippen molar-refractivity contribution in [2.75, 3.05) is 6.54 Å².